The topological polar surface area (TPSA) is 52.3 Å². The maximum atomic E-state index is 13.2. The molecule has 0 atom stereocenters. The molecule has 2 rings (SSSR count). The molecule has 20 heavy (non-hydrogen) atoms. The number of methoxy groups -OCH3 is 1. The molecular weight excluding hydrogens is 379 g/mol. The Morgan fingerprint density at radius 1 is 1.40 bits per heavy atom. The molecule has 0 radical (unpaired) electrons. The minimum Gasteiger partial charge on any atom is -0.465 e. The van der Waals surface area contributed by atoms with Crippen LogP contribution in [-0.2, 0) is 4.74 Å². The van der Waals surface area contributed by atoms with Crippen LogP contribution in [0.5, 0.6) is 0 Å². The predicted molar refractivity (Wildman–Crippen MR) is 81.1 cm³/mol. The van der Waals surface area contributed by atoms with Gasteiger partial charge in [-0.15, -0.1) is 0 Å². The fourth-order valence-electron chi connectivity index (χ4n) is 2.56. The van der Waals surface area contributed by atoms with E-state index in [9.17, 15) is 13.6 Å². The van der Waals surface area contributed by atoms with Crippen molar-refractivity contribution in [1.82, 2.24) is 0 Å². The van der Waals surface area contributed by atoms with E-state index in [1.807, 2.05) is 0 Å². The van der Waals surface area contributed by atoms with Crippen molar-refractivity contribution in [2.45, 2.75) is 37.5 Å². The van der Waals surface area contributed by atoms with Crippen LogP contribution in [0.25, 0.3) is 0 Å². The summed E-state index contributed by atoms with van der Waals surface area (Å²) in [5, 5.41) is 0. The Balaban J connectivity index is 2.26. The number of carbonyl (C=O) groups excluding carboxylic acids is 1. The van der Waals surface area contributed by atoms with E-state index in [0.29, 0.717) is 24.1 Å². The molecule has 0 bridgehead atoms. The van der Waals surface area contributed by atoms with Gasteiger partial charge in [0.2, 0.25) is 5.92 Å². The molecule has 1 saturated carbocycles. The van der Waals surface area contributed by atoms with Crippen molar-refractivity contribution in [1.29, 1.82) is 0 Å². The number of hydrogen-bond donors (Lipinski definition) is 1. The summed E-state index contributed by atoms with van der Waals surface area (Å²) in [6.07, 6.45) is 0.707. The number of rotatable bonds is 2. The zero-order chi connectivity index (χ0) is 14.9. The minimum atomic E-state index is -2.54. The second-order valence-corrected chi connectivity index (χ2v) is 6.24. The average Bonchev–Trinajstić information content (AvgIpc) is 2.40. The van der Waals surface area contributed by atoms with Crippen LogP contribution in [0.2, 0.25) is 0 Å². The molecule has 110 valence electrons. The van der Waals surface area contributed by atoms with E-state index in [2.05, 4.69) is 27.3 Å². The number of benzene rings is 1. The lowest BCUT2D eigenvalue weighted by atomic mass is 9.82. The smallest absolute Gasteiger partial charge is 0.339 e. The standard InChI is InChI=1S/C14H16F2INO2/c1-20-13(19)10-6-11(17)9(7-12(10)18)8-2-4-14(15,16)5-3-8/h6-8H,2-5,18H2,1H3. The highest BCUT2D eigenvalue weighted by atomic mass is 127. The summed E-state index contributed by atoms with van der Waals surface area (Å²) in [6.45, 7) is 0. The maximum Gasteiger partial charge on any atom is 0.339 e. The van der Waals surface area contributed by atoms with Gasteiger partial charge in [0.15, 0.2) is 0 Å². The number of anilines is 1. The molecule has 2 N–H and O–H groups in total. The van der Waals surface area contributed by atoms with Gasteiger partial charge in [-0.1, -0.05) is 0 Å². The van der Waals surface area contributed by atoms with E-state index in [0.717, 1.165) is 9.13 Å². The van der Waals surface area contributed by atoms with Gasteiger partial charge in [0, 0.05) is 22.1 Å². The Morgan fingerprint density at radius 2 is 2.00 bits per heavy atom. The molecular formula is C14H16F2INO2. The fourth-order valence-corrected chi connectivity index (χ4v) is 3.47. The van der Waals surface area contributed by atoms with Crippen LogP contribution in [0.1, 0.15) is 47.5 Å². The molecule has 1 aliphatic rings. The molecule has 0 heterocycles. The molecule has 0 spiro atoms. The van der Waals surface area contributed by atoms with Crippen molar-refractivity contribution >= 4 is 34.2 Å². The molecule has 1 fully saturated rings. The number of esters is 1. The summed E-state index contributed by atoms with van der Waals surface area (Å²) < 4.78 is 31.9. The minimum absolute atomic E-state index is 0.0792. The highest BCUT2D eigenvalue weighted by Gasteiger charge is 2.36. The quantitative estimate of drug-likeness (QED) is 0.469. The Morgan fingerprint density at radius 3 is 2.55 bits per heavy atom. The summed E-state index contributed by atoms with van der Waals surface area (Å²) in [5.74, 6) is -2.95. The molecule has 0 unspecified atom stereocenters. The highest BCUT2D eigenvalue weighted by Crippen LogP contribution is 2.42. The fraction of sp³-hybridized carbons (Fsp3) is 0.500. The Bertz CT molecular complexity index is 524. The van der Waals surface area contributed by atoms with Crippen LogP contribution in [0, 0.1) is 3.57 Å². The van der Waals surface area contributed by atoms with Gasteiger partial charge in [0.1, 0.15) is 0 Å². The SMILES string of the molecule is COC(=O)c1cc(I)c(C2CCC(F)(F)CC2)cc1N. The number of nitrogen functional groups attached to an aromatic ring is 1. The summed E-state index contributed by atoms with van der Waals surface area (Å²) >= 11 is 2.11. The van der Waals surface area contributed by atoms with Crippen molar-refractivity contribution in [3.63, 3.8) is 0 Å². The first-order chi connectivity index (χ1) is 9.34. The van der Waals surface area contributed by atoms with Gasteiger partial charge in [0.05, 0.1) is 12.7 Å². The number of carbonyl (C=O) groups is 1. The third-order valence-electron chi connectivity index (χ3n) is 3.73. The van der Waals surface area contributed by atoms with E-state index in [1.165, 1.54) is 7.11 Å². The summed E-state index contributed by atoms with van der Waals surface area (Å²) in [5.41, 5.74) is 7.48. The highest BCUT2D eigenvalue weighted by molar-refractivity contribution is 14.1. The third-order valence-corrected chi connectivity index (χ3v) is 4.67. The first-order valence-electron chi connectivity index (χ1n) is 6.39. The molecule has 0 aromatic heterocycles. The lowest BCUT2D eigenvalue weighted by molar-refractivity contribution is -0.0382. The molecule has 6 heteroatoms. The zero-order valence-corrected chi connectivity index (χ0v) is 13.2. The van der Waals surface area contributed by atoms with Gasteiger partial charge in [-0.25, -0.2) is 13.6 Å². The molecule has 1 aromatic rings. The normalized spacial score (nSPS) is 18.8. The van der Waals surface area contributed by atoms with Crippen molar-refractivity contribution in [3.8, 4) is 0 Å². The number of halogens is 3. The van der Waals surface area contributed by atoms with E-state index < -0.39 is 11.9 Å². The van der Waals surface area contributed by atoms with Crippen molar-refractivity contribution < 1.29 is 18.3 Å². The van der Waals surface area contributed by atoms with Crippen molar-refractivity contribution in [2.75, 3.05) is 12.8 Å². The molecule has 0 aliphatic heterocycles. The Kier molecular flexibility index (Phi) is 4.51. The van der Waals surface area contributed by atoms with E-state index in [4.69, 9.17) is 5.73 Å². The lowest BCUT2D eigenvalue weighted by Crippen LogP contribution is -2.24. The first kappa shape index (κ1) is 15.5. The summed E-state index contributed by atoms with van der Waals surface area (Å²) in [7, 11) is 1.30. The van der Waals surface area contributed by atoms with E-state index >= 15 is 0 Å². The van der Waals surface area contributed by atoms with Crippen LogP contribution < -0.4 is 5.73 Å². The monoisotopic (exact) mass is 395 g/mol. The second-order valence-electron chi connectivity index (χ2n) is 5.08. The zero-order valence-electron chi connectivity index (χ0n) is 11.1. The number of nitrogens with two attached hydrogens (primary N) is 1. The van der Waals surface area contributed by atoms with E-state index in [-0.39, 0.29) is 18.8 Å². The number of ether oxygens (including phenoxy) is 1. The summed E-state index contributed by atoms with van der Waals surface area (Å²) in [6, 6.07) is 3.39. The predicted octanol–water partition coefficient (Wildman–Crippen LogP) is 3.95. The first-order valence-corrected chi connectivity index (χ1v) is 7.47. The van der Waals surface area contributed by atoms with Crippen LogP contribution in [-0.4, -0.2) is 19.0 Å². The van der Waals surface area contributed by atoms with Gasteiger partial charge < -0.3 is 10.5 Å². The largest absolute Gasteiger partial charge is 0.465 e. The summed E-state index contributed by atoms with van der Waals surface area (Å²) in [4.78, 5) is 11.6. The number of alkyl halides is 2. The van der Waals surface area contributed by atoms with Crippen molar-refractivity contribution in [2.24, 2.45) is 0 Å². The van der Waals surface area contributed by atoms with Crippen LogP contribution >= 0.6 is 22.6 Å². The maximum absolute atomic E-state index is 13.2. The lowest BCUT2D eigenvalue weighted by Gasteiger charge is -2.29. The van der Waals surface area contributed by atoms with Crippen LogP contribution in [0.3, 0.4) is 0 Å². The van der Waals surface area contributed by atoms with Gasteiger partial charge in [-0.2, -0.15) is 0 Å². The van der Waals surface area contributed by atoms with Crippen LogP contribution in [0.15, 0.2) is 12.1 Å². The Hall–Kier alpha value is -0.920. The molecule has 1 aromatic carbocycles. The average molecular weight is 395 g/mol. The van der Waals surface area contributed by atoms with Gasteiger partial charge >= 0.3 is 5.97 Å². The van der Waals surface area contributed by atoms with Gasteiger partial charge in [-0.3, -0.25) is 0 Å². The third kappa shape index (κ3) is 3.21. The molecule has 1 aliphatic carbocycles. The van der Waals surface area contributed by atoms with Gasteiger partial charge in [-0.05, 0) is 59.0 Å². The van der Waals surface area contributed by atoms with E-state index in [1.54, 1.807) is 12.1 Å². The number of hydrogen-bond acceptors (Lipinski definition) is 3. The molecule has 3 nitrogen and oxygen atoms in total. The second kappa shape index (κ2) is 5.83. The van der Waals surface area contributed by atoms with Gasteiger partial charge in [0.25, 0.3) is 0 Å². The molecule has 0 amide bonds. The van der Waals surface area contributed by atoms with Crippen LogP contribution in [0.4, 0.5) is 14.5 Å². The molecule has 0 saturated heterocycles. The Labute approximate surface area is 130 Å². The van der Waals surface area contributed by atoms with Crippen molar-refractivity contribution in [3.05, 3.63) is 26.8 Å².